The lowest BCUT2D eigenvalue weighted by Gasteiger charge is -2.26. The lowest BCUT2D eigenvalue weighted by atomic mass is 9.90. The first-order chi connectivity index (χ1) is 9.30. The molecule has 0 aromatic rings. The van der Waals surface area contributed by atoms with Crippen LogP contribution >= 0.6 is 0 Å². The molecule has 0 saturated carbocycles. The van der Waals surface area contributed by atoms with E-state index in [1.807, 2.05) is 18.7 Å². The third-order valence-corrected chi connectivity index (χ3v) is 4.65. The Morgan fingerprint density at radius 1 is 1.50 bits per heavy atom. The van der Waals surface area contributed by atoms with Crippen molar-refractivity contribution in [2.75, 3.05) is 13.1 Å². The summed E-state index contributed by atoms with van der Waals surface area (Å²) in [6.07, 6.45) is 1.43. The van der Waals surface area contributed by atoms with E-state index in [-0.39, 0.29) is 24.3 Å². The van der Waals surface area contributed by atoms with Gasteiger partial charge in [-0.15, -0.1) is 0 Å². The molecule has 2 fully saturated rings. The topological polar surface area (TPSA) is 77.9 Å². The number of likely N-dealkylation sites (tertiary alicyclic amines) is 2. The molecule has 0 spiro atoms. The molecule has 2 amide bonds. The quantitative estimate of drug-likeness (QED) is 0.768. The zero-order valence-electron chi connectivity index (χ0n) is 12.3. The lowest BCUT2D eigenvalue weighted by molar-refractivity contribution is -0.148. The molecular formula is C14H22N2O4. The van der Waals surface area contributed by atoms with E-state index in [4.69, 9.17) is 0 Å². The van der Waals surface area contributed by atoms with Crippen LogP contribution < -0.4 is 0 Å². The highest BCUT2D eigenvalue weighted by Crippen LogP contribution is 2.34. The molecule has 3 atom stereocenters. The molecule has 112 valence electrons. The average molecular weight is 282 g/mol. The van der Waals surface area contributed by atoms with Crippen molar-refractivity contribution in [3.8, 4) is 0 Å². The van der Waals surface area contributed by atoms with E-state index in [2.05, 4.69) is 0 Å². The van der Waals surface area contributed by atoms with Crippen LogP contribution in [-0.4, -0.2) is 57.9 Å². The summed E-state index contributed by atoms with van der Waals surface area (Å²) in [5.74, 6) is -1.15. The van der Waals surface area contributed by atoms with Gasteiger partial charge in [-0.3, -0.25) is 24.2 Å². The van der Waals surface area contributed by atoms with Crippen LogP contribution in [0.15, 0.2) is 0 Å². The van der Waals surface area contributed by atoms with Gasteiger partial charge in [0.15, 0.2) is 0 Å². The highest BCUT2D eigenvalue weighted by molar-refractivity contribution is 6.05. The van der Waals surface area contributed by atoms with Crippen LogP contribution in [0, 0.1) is 5.41 Å². The minimum absolute atomic E-state index is 0.0894. The fraction of sp³-hybridized carbons (Fsp3) is 0.786. The fourth-order valence-corrected chi connectivity index (χ4v) is 3.00. The second-order valence-electron chi connectivity index (χ2n) is 6.17. The van der Waals surface area contributed by atoms with Crippen molar-refractivity contribution < 1.29 is 19.5 Å². The Bertz CT molecular complexity index is 450. The van der Waals surface area contributed by atoms with Crippen molar-refractivity contribution in [2.45, 2.75) is 52.1 Å². The van der Waals surface area contributed by atoms with E-state index >= 15 is 0 Å². The Hall–Kier alpha value is -1.43. The van der Waals surface area contributed by atoms with Crippen LogP contribution in [0.1, 0.15) is 40.0 Å². The number of carboxylic acids is 1. The van der Waals surface area contributed by atoms with Gasteiger partial charge in [-0.1, -0.05) is 6.92 Å². The molecular weight excluding hydrogens is 260 g/mol. The zero-order chi connectivity index (χ0) is 15.1. The summed E-state index contributed by atoms with van der Waals surface area (Å²) in [7, 11) is 0. The molecule has 2 heterocycles. The number of rotatable bonds is 4. The van der Waals surface area contributed by atoms with Gasteiger partial charge < -0.3 is 5.11 Å². The maximum Gasteiger partial charge on any atom is 0.310 e. The molecule has 2 rings (SSSR count). The van der Waals surface area contributed by atoms with Gasteiger partial charge in [-0.05, 0) is 26.7 Å². The monoisotopic (exact) mass is 282 g/mol. The summed E-state index contributed by atoms with van der Waals surface area (Å²) in [4.78, 5) is 38.9. The largest absolute Gasteiger partial charge is 0.481 e. The molecule has 0 aromatic heterocycles. The maximum atomic E-state index is 12.4. The highest BCUT2D eigenvalue weighted by Gasteiger charge is 2.49. The second kappa shape index (κ2) is 5.16. The molecule has 2 aliphatic rings. The van der Waals surface area contributed by atoms with Crippen molar-refractivity contribution in [3.63, 3.8) is 0 Å². The van der Waals surface area contributed by atoms with E-state index in [1.165, 1.54) is 4.90 Å². The van der Waals surface area contributed by atoms with Crippen LogP contribution in [0.2, 0.25) is 0 Å². The Morgan fingerprint density at radius 2 is 2.15 bits per heavy atom. The van der Waals surface area contributed by atoms with Gasteiger partial charge in [0, 0.05) is 19.1 Å². The third-order valence-electron chi connectivity index (χ3n) is 4.65. The Labute approximate surface area is 118 Å². The molecule has 6 nitrogen and oxygen atoms in total. The van der Waals surface area contributed by atoms with Crippen LogP contribution in [0.4, 0.5) is 0 Å². The predicted octanol–water partition coefficient (Wildman–Crippen LogP) is 0.709. The average Bonchev–Trinajstić information content (AvgIpc) is 2.91. The van der Waals surface area contributed by atoms with Gasteiger partial charge in [0.25, 0.3) is 0 Å². The van der Waals surface area contributed by atoms with Crippen molar-refractivity contribution >= 4 is 17.8 Å². The highest BCUT2D eigenvalue weighted by atomic mass is 16.4. The molecule has 1 N–H and O–H groups in total. The van der Waals surface area contributed by atoms with E-state index in [0.29, 0.717) is 19.5 Å². The summed E-state index contributed by atoms with van der Waals surface area (Å²) in [5, 5.41) is 9.24. The molecule has 0 aromatic carbocycles. The Balaban J connectivity index is 2.11. The second-order valence-corrected chi connectivity index (χ2v) is 6.17. The number of amides is 2. The lowest BCUT2D eigenvalue weighted by Crippen LogP contribution is -2.44. The first kappa shape index (κ1) is 15.0. The van der Waals surface area contributed by atoms with Crippen molar-refractivity contribution in [3.05, 3.63) is 0 Å². The standard InChI is InChI=1S/C14H22N2O4/c1-4-9(2)16-11(17)7-10(12(16)18)15-6-5-14(3,8-15)13(19)20/h9-10H,4-8H2,1-3H3,(H,19,20). The smallest absolute Gasteiger partial charge is 0.310 e. The molecule has 0 radical (unpaired) electrons. The number of nitrogens with zero attached hydrogens (tertiary/aromatic N) is 2. The molecule has 2 aliphatic heterocycles. The van der Waals surface area contributed by atoms with Crippen molar-refractivity contribution in [2.24, 2.45) is 5.41 Å². The maximum absolute atomic E-state index is 12.4. The van der Waals surface area contributed by atoms with Gasteiger partial charge in [0.05, 0.1) is 17.9 Å². The number of aliphatic carboxylic acids is 1. The molecule has 0 bridgehead atoms. The van der Waals surface area contributed by atoms with E-state index in [1.54, 1.807) is 6.92 Å². The van der Waals surface area contributed by atoms with Crippen LogP contribution in [0.5, 0.6) is 0 Å². The Kier molecular flexibility index (Phi) is 3.86. The Morgan fingerprint density at radius 3 is 2.65 bits per heavy atom. The van der Waals surface area contributed by atoms with E-state index < -0.39 is 17.4 Å². The molecule has 0 aliphatic carbocycles. The van der Waals surface area contributed by atoms with Crippen molar-refractivity contribution in [1.29, 1.82) is 0 Å². The minimum Gasteiger partial charge on any atom is -0.481 e. The fourth-order valence-electron chi connectivity index (χ4n) is 3.00. The first-order valence-electron chi connectivity index (χ1n) is 7.13. The summed E-state index contributed by atoms with van der Waals surface area (Å²) in [6, 6.07) is -0.564. The van der Waals surface area contributed by atoms with E-state index in [0.717, 1.165) is 6.42 Å². The molecule has 6 heteroatoms. The predicted molar refractivity (Wildman–Crippen MR) is 71.9 cm³/mol. The van der Waals surface area contributed by atoms with E-state index in [9.17, 15) is 19.5 Å². The normalized spacial score (nSPS) is 33.0. The molecule has 20 heavy (non-hydrogen) atoms. The summed E-state index contributed by atoms with van der Waals surface area (Å²) in [6.45, 7) is 6.39. The number of carboxylic acid groups (broad SMARTS) is 1. The van der Waals surface area contributed by atoms with Crippen LogP contribution in [0.3, 0.4) is 0 Å². The summed E-state index contributed by atoms with van der Waals surface area (Å²) >= 11 is 0. The van der Waals surface area contributed by atoms with Gasteiger partial charge in [0.2, 0.25) is 11.8 Å². The zero-order valence-corrected chi connectivity index (χ0v) is 12.3. The van der Waals surface area contributed by atoms with Gasteiger partial charge in [0.1, 0.15) is 0 Å². The third kappa shape index (κ3) is 2.32. The first-order valence-corrected chi connectivity index (χ1v) is 7.13. The summed E-state index contributed by atoms with van der Waals surface area (Å²) < 4.78 is 0. The van der Waals surface area contributed by atoms with Gasteiger partial charge >= 0.3 is 5.97 Å². The van der Waals surface area contributed by atoms with Crippen LogP contribution in [0.25, 0.3) is 0 Å². The number of hydrogen-bond donors (Lipinski definition) is 1. The number of carbonyl (C=O) groups is 3. The van der Waals surface area contributed by atoms with Crippen LogP contribution in [-0.2, 0) is 14.4 Å². The number of hydrogen-bond acceptors (Lipinski definition) is 4. The van der Waals surface area contributed by atoms with Gasteiger partial charge in [-0.2, -0.15) is 0 Å². The molecule has 2 saturated heterocycles. The molecule has 3 unspecified atom stereocenters. The van der Waals surface area contributed by atoms with Gasteiger partial charge in [-0.25, -0.2) is 0 Å². The number of carbonyl (C=O) groups excluding carboxylic acids is 2. The van der Waals surface area contributed by atoms with Crippen molar-refractivity contribution in [1.82, 2.24) is 9.80 Å². The number of imide groups is 1. The minimum atomic E-state index is -0.837. The summed E-state index contributed by atoms with van der Waals surface area (Å²) in [5.41, 5.74) is -0.812. The SMILES string of the molecule is CCC(C)N1C(=O)CC(N2CCC(C)(C(=O)O)C2)C1=O.